The van der Waals surface area contributed by atoms with Gasteiger partial charge in [-0.25, -0.2) is 4.98 Å². The number of anilines is 1. The Morgan fingerprint density at radius 3 is 2.33 bits per heavy atom. The molecule has 1 aromatic rings. The maximum Gasteiger partial charge on any atom is 0.281 e. The summed E-state index contributed by atoms with van der Waals surface area (Å²) in [5.74, 6) is 0.902. The van der Waals surface area contributed by atoms with Crippen LogP contribution in [-0.4, -0.2) is 62.3 Å². The van der Waals surface area contributed by atoms with Gasteiger partial charge in [0.15, 0.2) is 0 Å². The lowest BCUT2D eigenvalue weighted by molar-refractivity contribution is 0.355. The van der Waals surface area contributed by atoms with Crippen molar-refractivity contribution in [2.45, 2.75) is 0 Å². The van der Waals surface area contributed by atoms with E-state index in [2.05, 4.69) is 9.88 Å². The SMILES string of the molecule is CN(C)S(=O)(=O)N1CCN(c2ccccn2)CC1. The Bertz CT molecular complexity index is 481. The zero-order valence-corrected chi connectivity index (χ0v) is 11.5. The van der Waals surface area contributed by atoms with Crippen molar-refractivity contribution in [3.05, 3.63) is 24.4 Å². The molecule has 1 aliphatic heterocycles. The van der Waals surface area contributed by atoms with E-state index in [0.717, 1.165) is 5.82 Å². The van der Waals surface area contributed by atoms with Gasteiger partial charge in [-0.1, -0.05) is 6.07 Å². The molecule has 0 atom stereocenters. The van der Waals surface area contributed by atoms with Gasteiger partial charge in [-0.3, -0.25) is 0 Å². The average Bonchev–Trinajstić information content (AvgIpc) is 2.40. The molecule has 0 N–H and O–H groups in total. The molecule has 0 unspecified atom stereocenters. The van der Waals surface area contributed by atoms with Gasteiger partial charge in [0.25, 0.3) is 10.2 Å². The van der Waals surface area contributed by atoms with Crippen LogP contribution in [0.2, 0.25) is 0 Å². The van der Waals surface area contributed by atoms with E-state index in [1.807, 2.05) is 18.2 Å². The molecule has 2 rings (SSSR count). The van der Waals surface area contributed by atoms with Crippen molar-refractivity contribution in [2.75, 3.05) is 45.2 Å². The zero-order chi connectivity index (χ0) is 13.2. The second kappa shape index (κ2) is 5.21. The summed E-state index contributed by atoms with van der Waals surface area (Å²) in [6.45, 7) is 2.34. The first-order chi connectivity index (χ1) is 8.51. The van der Waals surface area contributed by atoms with E-state index in [-0.39, 0.29) is 0 Å². The highest BCUT2D eigenvalue weighted by molar-refractivity contribution is 7.86. The number of rotatable bonds is 3. The molecular weight excluding hydrogens is 252 g/mol. The molecule has 0 amide bonds. The molecule has 0 spiro atoms. The van der Waals surface area contributed by atoms with E-state index in [0.29, 0.717) is 26.2 Å². The summed E-state index contributed by atoms with van der Waals surface area (Å²) in [7, 11) is -0.174. The van der Waals surface area contributed by atoms with Gasteiger partial charge in [-0.05, 0) is 12.1 Å². The highest BCUT2D eigenvalue weighted by Gasteiger charge is 2.28. The number of pyridine rings is 1. The third kappa shape index (κ3) is 2.63. The Hall–Kier alpha value is -1.18. The Morgan fingerprint density at radius 1 is 1.17 bits per heavy atom. The number of nitrogens with zero attached hydrogens (tertiary/aromatic N) is 4. The minimum atomic E-state index is -3.29. The number of aromatic nitrogens is 1. The van der Waals surface area contributed by atoms with Crippen LogP contribution in [0.25, 0.3) is 0 Å². The Kier molecular flexibility index (Phi) is 3.84. The zero-order valence-electron chi connectivity index (χ0n) is 10.7. The summed E-state index contributed by atoms with van der Waals surface area (Å²) in [5, 5.41) is 0. The molecule has 0 bridgehead atoms. The van der Waals surface area contributed by atoms with Crippen LogP contribution in [0.4, 0.5) is 5.82 Å². The van der Waals surface area contributed by atoms with Crippen molar-refractivity contribution >= 4 is 16.0 Å². The molecule has 2 heterocycles. The predicted octanol–water partition coefficient (Wildman–Crippen LogP) is 0.0100. The summed E-state index contributed by atoms with van der Waals surface area (Å²) >= 11 is 0. The topological polar surface area (TPSA) is 56.8 Å². The largest absolute Gasteiger partial charge is 0.354 e. The highest BCUT2D eigenvalue weighted by Crippen LogP contribution is 2.15. The molecule has 100 valence electrons. The van der Waals surface area contributed by atoms with Crippen LogP contribution in [0.1, 0.15) is 0 Å². The average molecular weight is 270 g/mol. The Labute approximate surface area is 108 Å². The minimum absolute atomic E-state index is 0.497. The molecule has 7 heteroatoms. The summed E-state index contributed by atoms with van der Waals surface area (Å²) in [6, 6.07) is 5.75. The fraction of sp³-hybridized carbons (Fsp3) is 0.545. The van der Waals surface area contributed by atoms with Crippen molar-refractivity contribution < 1.29 is 8.42 Å². The van der Waals surface area contributed by atoms with Gasteiger partial charge >= 0.3 is 0 Å². The Morgan fingerprint density at radius 2 is 1.83 bits per heavy atom. The lowest BCUT2D eigenvalue weighted by Crippen LogP contribution is -2.51. The van der Waals surface area contributed by atoms with E-state index in [1.54, 1.807) is 20.3 Å². The summed E-state index contributed by atoms with van der Waals surface area (Å²) in [5.41, 5.74) is 0. The molecule has 1 aromatic heterocycles. The van der Waals surface area contributed by atoms with Crippen molar-refractivity contribution in [3.8, 4) is 0 Å². The minimum Gasteiger partial charge on any atom is -0.354 e. The van der Waals surface area contributed by atoms with Gasteiger partial charge in [0.05, 0.1) is 0 Å². The molecule has 0 saturated carbocycles. The molecule has 0 aliphatic carbocycles. The highest BCUT2D eigenvalue weighted by atomic mass is 32.2. The van der Waals surface area contributed by atoms with E-state index >= 15 is 0 Å². The smallest absolute Gasteiger partial charge is 0.281 e. The van der Waals surface area contributed by atoms with Crippen LogP contribution in [0, 0.1) is 0 Å². The standard InChI is InChI=1S/C11H18N4O2S/c1-13(2)18(16,17)15-9-7-14(8-10-15)11-5-3-4-6-12-11/h3-6H,7-10H2,1-2H3. The second-order valence-corrected chi connectivity index (χ2v) is 6.51. The van der Waals surface area contributed by atoms with Gasteiger partial charge < -0.3 is 4.90 Å². The molecule has 1 saturated heterocycles. The summed E-state index contributed by atoms with van der Waals surface area (Å²) in [6.07, 6.45) is 1.75. The van der Waals surface area contributed by atoms with Gasteiger partial charge in [-0.15, -0.1) is 0 Å². The fourth-order valence-corrected chi connectivity index (χ4v) is 3.01. The summed E-state index contributed by atoms with van der Waals surface area (Å²) in [4.78, 5) is 6.37. The van der Waals surface area contributed by atoms with E-state index in [1.165, 1.54) is 8.61 Å². The van der Waals surface area contributed by atoms with Crippen molar-refractivity contribution in [1.29, 1.82) is 0 Å². The summed E-state index contributed by atoms with van der Waals surface area (Å²) < 4.78 is 26.7. The molecule has 1 aliphatic rings. The van der Waals surface area contributed by atoms with Crippen molar-refractivity contribution in [3.63, 3.8) is 0 Å². The molecule has 1 fully saturated rings. The number of piperazine rings is 1. The van der Waals surface area contributed by atoms with Crippen LogP contribution in [0.5, 0.6) is 0 Å². The van der Waals surface area contributed by atoms with E-state index in [9.17, 15) is 8.42 Å². The van der Waals surface area contributed by atoms with Crippen molar-refractivity contribution in [1.82, 2.24) is 13.6 Å². The van der Waals surface area contributed by atoms with Gasteiger partial charge in [-0.2, -0.15) is 17.0 Å². The van der Waals surface area contributed by atoms with Crippen LogP contribution in [0.15, 0.2) is 24.4 Å². The molecule has 0 radical (unpaired) electrons. The Balaban J connectivity index is 2.01. The van der Waals surface area contributed by atoms with E-state index < -0.39 is 10.2 Å². The monoisotopic (exact) mass is 270 g/mol. The van der Waals surface area contributed by atoms with E-state index in [4.69, 9.17) is 0 Å². The molecular formula is C11H18N4O2S. The van der Waals surface area contributed by atoms with Crippen LogP contribution >= 0.6 is 0 Å². The van der Waals surface area contributed by atoms with Crippen molar-refractivity contribution in [2.24, 2.45) is 0 Å². The first-order valence-electron chi connectivity index (χ1n) is 5.85. The molecule has 18 heavy (non-hydrogen) atoms. The molecule has 6 nitrogen and oxygen atoms in total. The lowest BCUT2D eigenvalue weighted by Gasteiger charge is -2.35. The maximum atomic E-state index is 11.9. The van der Waals surface area contributed by atoms with Gasteiger partial charge in [0.1, 0.15) is 5.82 Å². The fourth-order valence-electron chi connectivity index (χ4n) is 1.92. The normalized spacial score (nSPS) is 18.3. The van der Waals surface area contributed by atoms with Crippen LogP contribution < -0.4 is 4.90 Å². The van der Waals surface area contributed by atoms with Crippen LogP contribution in [0.3, 0.4) is 0 Å². The second-order valence-electron chi connectivity index (χ2n) is 4.36. The number of hydrogen-bond donors (Lipinski definition) is 0. The van der Waals surface area contributed by atoms with Gasteiger partial charge in [0, 0.05) is 46.5 Å². The van der Waals surface area contributed by atoms with Gasteiger partial charge in [0.2, 0.25) is 0 Å². The first kappa shape index (κ1) is 13.3. The third-order valence-electron chi connectivity index (χ3n) is 3.00. The third-order valence-corrected chi connectivity index (χ3v) is 4.94. The number of hydrogen-bond acceptors (Lipinski definition) is 4. The quantitative estimate of drug-likeness (QED) is 0.776. The maximum absolute atomic E-state index is 11.9. The molecule has 0 aromatic carbocycles. The lowest BCUT2D eigenvalue weighted by atomic mass is 10.3. The first-order valence-corrected chi connectivity index (χ1v) is 7.25. The van der Waals surface area contributed by atoms with Crippen LogP contribution in [-0.2, 0) is 10.2 Å². The predicted molar refractivity (Wildman–Crippen MR) is 70.6 cm³/mol.